The Morgan fingerprint density at radius 1 is 1.42 bits per heavy atom. The van der Waals surface area contributed by atoms with Crippen molar-refractivity contribution in [2.24, 2.45) is 12.0 Å². The molecule has 2 rings (SSSR count). The fraction of sp³-hybridized carbons (Fsp3) is 0.500. The second kappa shape index (κ2) is 10.7. The van der Waals surface area contributed by atoms with Gasteiger partial charge in [0.25, 0.3) is 0 Å². The third-order valence-electron chi connectivity index (χ3n) is 3.66. The normalized spacial score (nSPS) is 12.8. The molecule has 2 aromatic rings. The van der Waals surface area contributed by atoms with Crippen LogP contribution in [0.3, 0.4) is 0 Å². The van der Waals surface area contributed by atoms with Gasteiger partial charge in [-0.3, -0.25) is 9.67 Å². The zero-order chi connectivity index (χ0) is 16.7. The molecule has 1 atom stereocenters. The second-order valence-corrected chi connectivity index (χ2v) is 6.67. The van der Waals surface area contributed by atoms with Crippen molar-refractivity contribution in [3.63, 3.8) is 0 Å². The fourth-order valence-corrected chi connectivity index (χ4v) is 3.09. The summed E-state index contributed by atoms with van der Waals surface area (Å²) in [6.07, 6.45) is 4.98. The number of guanidine groups is 1. The van der Waals surface area contributed by atoms with Crippen LogP contribution in [0.2, 0.25) is 0 Å². The molecule has 0 bridgehead atoms. The molecule has 8 heteroatoms. The first-order valence-corrected chi connectivity index (χ1v) is 8.60. The van der Waals surface area contributed by atoms with Crippen molar-refractivity contribution in [3.8, 4) is 0 Å². The molecule has 2 heterocycles. The van der Waals surface area contributed by atoms with E-state index in [1.807, 2.05) is 17.9 Å². The SMILES string of the molecule is CN=C(NCCc1cccs1)NCC(c1cnn(C)c1)N(C)C.I. The van der Waals surface area contributed by atoms with Crippen molar-refractivity contribution in [2.45, 2.75) is 12.5 Å². The number of rotatable bonds is 7. The van der Waals surface area contributed by atoms with Gasteiger partial charge in [0, 0.05) is 43.8 Å². The molecule has 2 N–H and O–H groups in total. The molecule has 0 amide bonds. The highest BCUT2D eigenvalue weighted by Gasteiger charge is 2.16. The predicted molar refractivity (Wildman–Crippen MR) is 112 cm³/mol. The first kappa shape index (κ1) is 20.9. The van der Waals surface area contributed by atoms with Crippen LogP contribution in [0.4, 0.5) is 0 Å². The molecule has 0 aromatic carbocycles. The van der Waals surface area contributed by atoms with E-state index in [1.54, 1.807) is 18.4 Å². The van der Waals surface area contributed by atoms with Crippen LogP contribution in [0.25, 0.3) is 0 Å². The van der Waals surface area contributed by atoms with Gasteiger partial charge in [0.05, 0.1) is 12.2 Å². The van der Waals surface area contributed by atoms with E-state index in [9.17, 15) is 0 Å². The van der Waals surface area contributed by atoms with Crippen molar-refractivity contribution < 1.29 is 0 Å². The van der Waals surface area contributed by atoms with Crippen molar-refractivity contribution in [1.29, 1.82) is 0 Å². The summed E-state index contributed by atoms with van der Waals surface area (Å²) in [7, 11) is 7.89. The second-order valence-electron chi connectivity index (χ2n) is 5.64. The maximum atomic E-state index is 4.30. The Kier molecular flexibility index (Phi) is 9.30. The Labute approximate surface area is 165 Å². The minimum Gasteiger partial charge on any atom is -0.356 e. The van der Waals surface area contributed by atoms with E-state index in [4.69, 9.17) is 0 Å². The van der Waals surface area contributed by atoms with Crippen LogP contribution in [0.5, 0.6) is 0 Å². The summed E-state index contributed by atoms with van der Waals surface area (Å²) < 4.78 is 1.83. The lowest BCUT2D eigenvalue weighted by Crippen LogP contribution is -2.42. The van der Waals surface area contributed by atoms with Crippen LogP contribution in [-0.4, -0.2) is 54.9 Å². The summed E-state index contributed by atoms with van der Waals surface area (Å²) in [5.74, 6) is 0.831. The molecule has 0 radical (unpaired) electrons. The quantitative estimate of drug-likeness (QED) is 0.376. The molecule has 24 heavy (non-hydrogen) atoms. The Bertz CT molecular complexity index is 608. The van der Waals surface area contributed by atoms with Crippen molar-refractivity contribution >= 4 is 41.3 Å². The number of halogens is 1. The molecule has 134 valence electrons. The van der Waals surface area contributed by atoms with E-state index in [-0.39, 0.29) is 30.0 Å². The first-order chi connectivity index (χ1) is 11.1. The maximum absolute atomic E-state index is 4.30. The molecular weight excluding hydrogens is 435 g/mol. The van der Waals surface area contributed by atoms with E-state index in [0.29, 0.717) is 0 Å². The minimum absolute atomic E-state index is 0. The van der Waals surface area contributed by atoms with Gasteiger partial charge in [-0.25, -0.2) is 0 Å². The summed E-state index contributed by atoms with van der Waals surface area (Å²) in [5.41, 5.74) is 1.19. The van der Waals surface area contributed by atoms with Gasteiger partial charge in [-0.1, -0.05) is 6.07 Å². The molecule has 0 aliphatic heterocycles. The zero-order valence-electron chi connectivity index (χ0n) is 14.7. The van der Waals surface area contributed by atoms with Crippen LogP contribution in [-0.2, 0) is 13.5 Å². The predicted octanol–water partition coefficient (Wildman–Crippen LogP) is 2.11. The number of hydrogen-bond donors (Lipinski definition) is 2. The molecule has 0 saturated heterocycles. The highest BCUT2D eigenvalue weighted by atomic mass is 127. The van der Waals surface area contributed by atoms with E-state index in [1.165, 1.54) is 10.4 Å². The molecule has 0 aliphatic rings. The van der Waals surface area contributed by atoms with Gasteiger partial charge < -0.3 is 15.5 Å². The first-order valence-electron chi connectivity index (χ1n) is 7.72. The van der Waals surface area contributed by atoms with E-state index in [2.05, 4.69) is 63.4 Å². The van der Waals surface area contributed by atoms with Gasteiger partial charge in [-0.2, -0.15) is 5.10 Å². The number of nitrogens with zero attached hydrogens (tertiary/aromatic N) is 4. The molecule has 2 aromatic heterocycles. The summed E-state index contributed by atoms with van der Waals surface area (Å²) >= 11 is 1.79. The van der Waals surface area contributed by atoms with Crippen LogP contribution in [0, 0.1) is 0 Å². The lowest BCUT2D eigenvalue weighted by Gasteiger charge is -2.24. The Balaban J connectivity index is 0.00000288. The Hall–Kier alpha value is -1.13. The summed E-state index contributed by atoms with van der Waals surface area (Å²) in [6, 6.07) is 4.50. The van der Waals surface area contributed by atoms with E-state index < -0.39 is 0 Å². The number of likely N-dealkylation sites (N-methyl/N-ethyl adjacent to an activating group) is 1. The summed E-state index contributed by atoms with van der Waals surface area (Å²) in [4.78, 5) is 7.86. The largest absolute Gasteiger partial charge is 0.356 e. The van der Waals surface area contributed by atoms with E-state index in [0.717, 1.165) is 25.5 Å². The minimum atomic E-state index is 0. The Morgan fingerprint density at radius 3 is 2.75 bits per heavy atom. The third-order valence-corrected chi connectivity index (χ3v) is 4.60. The molecule has 0 aliphatic carbocycles. The smallest absolute Gasteiger partial charge is 0.191 e. The standard InChI is InChI=1S/C16H26N6S.HI/c1-17-16(18-8-7-14-6-5-9-23-14)19-11-15(21(2)3)13-10-20-22(4)12-13;/h5-6,9-10,12,15H,7-8,11H2,1-4H3,(H2,17,18,19);1H. The molecule has 6 nitrogen and oxygen atoms in total. The van der Waals surface area contributed by atoms with Crippen molar-refractivity contribution in [3.05, 3.63) is 40.3 Å². The topological polar surface area (TPSA) is 57.5 Å². The summed E-state index contributed by atoms with van der Waals surface area (Å²) in [5, 5.41) is 13.1. The monoisotopic (exact) mass is 462 g/mol. The van der Waals surface area contributed by atoms with Gasteiger partial charge in [-0.15, -0.1) is 35.3 Å². The van der Waals surface area contributed by atoms with Gasteiger partial charge >= 0.3 is 0 Å². The number of aromatic nitrogens is 2. The third kappa shape index (κ3) is 6.40. The van der Waals surface area contributed by atoms with Crippen molar-refractivity contribution in [1.82, 2.24) is 25.3 Å². The molecule has 0 fully saturated rings. The maximum Gasteiger partial charge on any atom is 0.191 e. The molecule has 0 spiro atoms. The average Bonchev–Trinajstić information content (AvgIpc) is 3.17. The van der Waals surface area contributed by atoms with Gasteiger partial charge in [0.1, 0.15) is 0 Å². The summed E-state index contributed by atoms with van der Waals surface area (Å²) in [6.45, 7) is 1.65. The number of thiophene rings is 1. The van der Waals surface area contributed by atoms with Crippen LogP contribution in [0.1, 0.15) is 16.5 Å². The molecular formula is C16H27IN6S. The average molecular weight is 462 g/mol. The van der Waals surface area contributed by atoms with E-state index >= 15 is 0 Å². The molecule has 1 unspecified atom stereocenters. The lowest BCUT2D eigenvalue weighted by molar-refractivity contribution is 0.298. The zero-order valence-corrected chi connectivity index (χ0v) is 17.8. The Morgan fingerprint density at radius 2 is 2.21 bits per heavy atom. The number of aliphatic imine (C=N–C) groups is 1. The number of nitrogens with one attached hydrogen (secondary N) is 2. The highest BCUT2D eigenvalue weighted by Crippen LogP contribution is 2.16. The van der Waals surface area contributed by atoms with Gasteiger partial charge in [0.2, 0.25) is 0 Å². The lowest BCUT2D eigenvalue weighted by atomic mass is 10.1. The van der Waals surface area contributed by atoms with Crippen LogP contribution >= 0.6 is 35.3 Å². The molecule has 0 saturated carbocycles. The number of aryl methyl sites for hydroxylation is 1. The van der Waals surface area contributed by atoms with Gasteiger partial charge in [0.15, 0.2) is 5.96 Å². The van der Waals surface area contributed by atoms with Crippen LogP contribution in [0.15, 0.2) is 34.9 Å². The van der Waals surface area contributed by atoms with Crippen LogP contribution < -0.4 is 10.6 Å². The fourth-order valence-electron chi connectivity index (χ4n) is 2.38. The number of hydrogen-bond acceptors (Lipinski definition) is 4. The highest BCUT2D eigenvalue weighted by molar-refractivity contribution is 14.0. The van der Waals surface area contributed by atoms with Gasteiger partial charge in [-0.05, 0) is 32.0 Å². The van der Waals surface area contributed by atoms with Crippen molar-refractivity contribution in [2.75, 3.05) is 34.2 Å².